The van der Waals surface area contributed by atoms with E-state index < -0.39 is 17.3 Å². The number of halogens is 2. The number of amides is 1. The van der Waals surface area contributed by atoms with E-state index in [1.54, 1.807) is 19.9 Å². The molecule has 31 heavy (non-hydrogen) atoms. The first-order chi connectivity index (χ1) is 14.4. The summed E-state index contributed by atoms with van der Waals surface area (Å²) in [6, 6.07) is 4.82. The molecule has 0 bridgehead atoms. The molecule has 2 aromatic rings. The number of carbonyl (C=O) groups is 1. The summed E-state index contributed by atoms with van der Waals surface area (Å²) < 4.78 is 27.7. The summed E-state index contributed by atoms with van der Waals surface area (Å²) in [4.78, 5) is 11.8. The zero-order valence-electron chi connectivity index (χ0n) is 18.0. The van der Waals surface area contributed by atoms with Crippen LogP contribution in [0.2, 0.25) is 0 Å². The van der Waals surface area contributed by atoms with E-state index in [1.807, 2.05) is 19.9 Å². The summed E-state index contributed by atoms with van der Waals surface area (Å²) in [5.74, 6) is -1.06. The molecule has 0 unspecified atom stereocenters. The Balaban J connectivity index is 0.000000245. The summed E-state index contributed by atoms with van der Waals surface area (Å²) in [7, 11) is 0. The molecule has 3 rings (SSSR count). The average Bonchev–Trinajstić information content (AvgIpc) is 3.42. The fourth-order valence-corrected chi connectivity index (χ4v) is 4.69. The Morgan fingerprint density at radius 1 is 1.39 bits per heavy atom. The second kappa shape index (κ2) is 10.1. The predicted molar refractivity (Wildman–Crippen MR) is 120 cm³/mol. The normalized spacial score (nSPS) is 13.5. The van der Waals surface area contributed by atoms with Crippen molar-refractivity contribution in [3.63, 3.8) is 0 Å². The molecule has 0 saturated heterocycles. The second-order valence-electron chi connectivity index (χ2n) is 8.33. The van der Waals surface area contributed by atoms with Gasteiger partial charge in [-0.3, -0.25) is 9.93 Å². The smallest absolute Gasteiger partial charge is 0.221 e. The summed E-state index contributed by atoms with van der Waals surface area (Å²) >= 11 is 2.04. The van der Waals surface area contributed by atoms with Crippen LogP contribution in [0.25, 0.3) is 0 Å². The molecule has 9 heteroatoms. The lowest BCUT2D eigenvalue weighted by molar-refractivity contribution is -0.117. The molecule has 5 N–H and O–H groups in total. The van der Waals surface area contributed by atoms with Gasteiger partial charge in [0.1, 0.15) is 21.9 Å². The minimum Gasteiger partial charge on any atom is -0.385 e. The van der Waals surface area contributed by atoms with Gasteiger partial charge >= 0.3 is 0 Å². The van der Waals surface area contributed by atoms with Gasteiger partial charge in [-0.2, -0.15) is 5.26 Å². The highest BCUT2D eigenvalue weighted by Gasteiger charge is 2.31. The zero-order valence-corrected chi connectivity index (χ0v) is 19.6. The molecule has 1 aliphatic carbocycles. The van der Waals surface area contributed by atoms with Crippen LogP contribution < -0.4 is 10.9 Å². The highest BCUT2D eigenvalue weighted by molar-refractivity contribution is 7.99. The van der Waals surface area contributed by atoms with Gasteiger partial charge in [0.2, 0.25) is 5.91 Å². The van der Waals surface area contributed by atoms with Crippen LogP contribution in [0, 0.1) is 23.0 Å². The third-order valence-corrected chi connectivity index (χ3v) is 7.04. The molecule has 1 saturated carbocycles. The third kappa shape index (κ3) is 6.26. The summed E-state index contributed by atoms with van der Waals surface area (Å²) in [6.45, 7) is 6.95. The first-order valence-corrected chi connectivity index (χ1v) is 11.5. The number of carbonyl (C=O) groups excluding carboxylic acids is 1. The lowest BCUT2D eigenvalue weighted by Gasteiger charge is -2.18. The van der Waals surface area contributed by atoms with Gasteiger partial charge in [-0.1, -0.05) is 13.8 Å². The van der Waals surface area contributed by atoms with E-state index in [9.17, 15) is 18.7 Å². The van der Waals surface area contributed by atoms with Gasteiger partial charge in [-0.25, -0.2) is 8.78 Å². The molecule has 5 nitrogen and oxygen atoms in total. The molecule has 1 aliphatic rings. The number of benzene rings is 1. The molecule has 1 heterocycles. The van der Waals surface area contributed by atoms with E-state index >= 15 is 0 Å². The Morgan fingerprint density at radius 2 is 2.00 bits per heavy atom. The quantitative estimate of drug-likeness (QED) is 0.528. The van der Waals surface area contributed by atoms with Gasteiger partial charge in [0.15, 0.2) is 0 Å². The number of nitriles is 1. The van der Waals surface area contributed by atoms with E-state index in [1.165, 1.54) is 17.4 Å². The first kappa shape index (κ1) is 25.3. The van der Waals surface area contributed by atoms with Gasteiger partial charge in [-0.15, -0.1) is 11.3 Å². The van der Waals surface area contributed by atoms with Crippen molar-refractivity contribution >= 4 is 29.2 Å². The molecule has 0 spiro atoms. The molecule has 0 atom stereocenters. The molecule has 168 valence electrons. The lowest BCUT2D eigenvalue weighted by atomic mass is 9.87. The molecule has 1 fully saturated rings. The van der Waals surface area contributed by atoms with Crippen molar-refractivity contribution in [3.8, 4) is 6.07 Å². The number of nitrogens with two attached hydrogens (primary N) is 2. The fourth-order valence-electron chi connectivity index (χ4n) is 3.29. The average molecular weight is 468 g/mol. The number of hydrogen-bond acceptors (Lipinski definition) is 6. The van der Waals surface area contributed by atoms with Crippen LogP contribution in [0.4, 0.5) is 8.78 Å². The van der Waals surface area contributed by atoms with E-state index in [-0.39, 0.29) is 23.7 Å². The zero-order chi connectivity index (χ0) is 23.5. The monoisotopic (exact) mass is 467 g/mol. The van der Waals surface area contributed by atoms with Crippen molar-refractivity contribution in [2.24, 2.45) is 10.9 Å². The number of thiophene rings is 1. The number of rotatable bonds is 6. The molecule has 0 radical (unpaired) electrons. The lowest BCUT2D eigenvalue weighted by Crippen LogP contribution is -2.18. The maximum absolute atomic E-state index is 14.3. The molecule has 0 aliphatic heterocycles. The van der Waals surface area contributed by atoms with Gasteiger partial charge in [0.25, 0.3) is 0 Å². The molecular weight excluding hydrogens is 440 g/mol. The second-order valence-corrected chi connectivity index (χ2v) is 10.3. The minimum atomic E-state index is -0.987. The number of aliphatic hydroxyl groups is 1. The van der Waals surface area contributed by atoms with Crippen molar-refractivity contribution in [1.82, 2.24) is 0 Å². The summed E-state index contributed by atoms with van der Waals surface area (Å²) in [5, 5.41) is 23.8. The molecular formula is C22H27F2N3O2S2. The Morgan fingerprint density at radius 3 is 2.35 bits per heavy atom. The van der Waals surface area contributed by atoms with Gasteiger partial charge < -0.3 is 10.8 Å². The maximum Gasteiger partial charge on any atom is 0.221 e. The van der Waals surface area contributed by atoms with Crippen LogP contribution in [0.3, 0.4) is 0 Å². The minimum absolute atomic E-state index is 0.0436. The first-order valence-electron chi connectivity index (χ1n) is 9.83. The summed E-state index contributed by atoms with van der Waals surface area (Å²) in [5.41, 5.74) is 6.46. The van der Waals surface area contributed by atoms with Crippen molar-refractivity contribution in [2.75, 3.05) is 0 Å². The highest BCUT2D eigenvalue weighted by Crippen LogP contribution is 2.44. The largest absolute Gasteiger partial charge is 0.385 e. The van der Waals surface area contributed by atoms with Crippen LogP contribution in [0.15, 0.2) is 16.3 Å². The number of nitrogens with zero attached hydrogens (tertiary/aromatic N) is 1. The highest BCUT2D eigenvalue weighted by atomic mass is 32.2. The van der Waals surface area contributed by atoms with E-state index in [0.717, 1.165) is 30.4 Å². The Kier molecular flexibility index (Phi) is 8.22. The Bertz CT molecular complexity index is 1000. The van der Waals surface area contributed by atoms with Gasteiger partial charge in [-0.05, 0) is 79.3 Å². The number of hydrogen-bond donors (Lipinski definition) is 3. The molecule has 1 amide bonds. The fraction of sp³-hybridized carbons (Fsp3) is 0.455. The summed E-state index contributed by atoms with van der Waals surface area (Å²) in [6.07, 6.45) is 2.10. The maximum atomic E-state index is 14.3. The van der Waals surface area contributed by atoms with Gasteiger partial charge in [0.05, 0.1) is 17.6 Å². The van der Waals surface area contributed by atoms with Crippen LogP contribution in [0.5, 0.6) is 0 Å². The third-order valence-electron chi connectivity index (χ3n) is 4.88. The topological polar surface area (TPSA) is 113 Å². The molecule has 1 aromatic heterocycles. The van der Waals surface area contributed by atoms with Crippen LogP contribution in [0.1, 0.15) is 79.5 Å². The van der Waals surface area contributed by atoms with E-state index in [0.29, 0.717) is 26.1 Å². The van der Waals surface area contributed by atoms with Crippen molar-refractivity contribution in [1.29, 1.82) is 5.26 Å². The molecule has 1 aromatic carbocycles. The van der Waals surface area contributed by atoms with E-state index in [4.69, 9.17) is 16.1 Å². The Labute approximate surface area is 189 Å². The van der Waals surface area contributed by atoms with Crippen molar-refractivity contribution in [3.05, 3.63) is 50.9 Å². The van der Waals surface area contributed by atoms with Crippen LogP contribution in [-0.2, 0) is 16.8 Å². The Hall–Kier alpha value is -1.99. The van der Waals surface area contributed by atoms with Crippen molar-refractivity contribution < 1.29 is 18.7 Å². The van der Waals surface area contributed by atoms with Crippen LogP contribution in [-0.4, -0.2) is 11.0 Å². The SMILES string of the molecule is CC(C)(O)c1cc(F)c(SN)s1.CC(C)c1c(F)c(C#N)cc(C2CC2)c1CC(N)=O. The van der Waals surface area contributed by atoms with Gasteiger partial charge in [0, 0.05) is 4.88 Å². The predicted octanol–water partition coefficient (Wildman–Crippen LogP) is 4.81. The standard InChI is InChI=1S/C15H17FN2O.C7H10FNOS2/c1-8(2)14-12(6-13(18)19)11(9-3-4-9)5-10(7-17)15(14)16;1-7(2,10)5-3-4(8)6(11-5)12-9/h5,8-9H,3-4,6H2,1-2H3,(H2,18,19);3,10H,9H2,1-2H3. The van der Waals surface area contributed by atoms with E-state index in [2.05, 4.69) is 0 Å². The van der Waals surface area contributed by atoms with Crippen molar-refractivity contribution in [2.45, 2.75) is 68.6 Å². The number of primary amides is 1. The van der Waals surface area contributed by atoms with Crippen LogP contribution >= 0.6 is 23.3 Å².